The number of hydrogen-bond acceptors (Lipinski definition) is 7. The second-order valence-corrected chi connectivity index (χ2v) is 9.71. The van der Waals surface area contributed by atoms with E-state index in [9.17, 15) is 19.2 Å². The van der Waals surface area contributed by atoms with Crippen molar-refractivity contribution in [3.05, 3.63) is 71.3 Å². The van der Waals surface area contributed by atoms with Crippen LogP contribution in [0.4, 0.5) is 9.59 Å². The highest BCUT2D eigenvalue weighted by Crippen LogP contribution is 2.31. The van der Waals surface area contributed by atoms with Gasteiger partial charge in [0, 0.05) is 19.6 Å². The molecule has 40 heavy (non-hydrogen) atoms. The van der Waals surface area contributed by atoms with E-state index < -0.39 is 42.5 Å². The summed E-state index contributed by atoms with van der Waals surface area (Å²) in [5.74, 6) is -0.809. The highest BCUT2D eigenvalue weighted by Gasteiger charge is 2.41. The number of alkyl carbamates (subject to hydrolysis) is 2. The molecule has 10 heteroatoms. The first kappa shape index (κ1) is 30.6. The largest absolute Gasteiger partial charge is 0.430 e. The van der Waals surface area contributed by atoms with E-state index in [1.54, 1.807) is 43.0 Å². The summed E-state index contributed by atoms with van der Waals surface area (Å²) < 4.78 is 11.4. The van der Waals surface area contributed by atoms with Gasteiger partial charge in [-0.3, -0.25) is 14.5 Å². The van der Waals surface area contributed by atoms with Crippen LogP contribution in [0.2, 0.25) is 0 Å². The molecule has 0 spiro atoms. The number of unbranched alkanes of at least 4 members (excludes halogenated alkanes) is 2. The predicted molar refractivity (Wildman–Crippen MR) is 151 cm³/mol. The van der Waals surface area contributed by atoms with Crippen LogP contribution in [0, 0.1) is 0 Å². The number of ether oxygens (including phenoxy) is 2. The van der Waals surface area contributed by atoms with E-state index in [0.29, 0.717) is 24.2 Å². The van der Waals surface area contributed by atoms with Gasteiger partial charge in [-0.05, 0) is 44.4 Å². The molecule has 0 saturated carbocycles. The normalized spacial score (nSPS) is 14.9. The number of imide groups is 1. The summed E-state index contributed by atoms with van der Waals surface area (Å²) in [7, 11) is 0. The Morgan fingerprint density at radius 1 is 0.775 bits per heavy atom. The molecule has 10 nitrogen and oxygen atoms in total. The van der Waals surface area contributed by atoms with E-state index in [1.165, 1.54) is 4.90 Å². The number of rotatable bonds is 14. The summed E-state index contributed by atoms with van der Waals surface area (Å²) in [6, 6.07) is 15.3. The Morgan fingerprint density at radius 2 is 1.23 bits per heavy atom. The third-order valence-corrected chi connectivity index (χ3v) is 6.77. The van der Waals surface area contributed by atoms with Crippen molar-refractivity contribution in [2.24, 2.45) is 0 Å². The van der Waals surface area contributed by atoms with E-state index in [4.69, 9.17) is 9.47 Å². The molecular formula is C30H40N4O6. The number of fused-ring (bicyclic) bond motifs is 1. The van der Waals surface area contributed by atoms with Gasteiger partial charge < -0.3 is 20.1 Å². The van der Waals surface area contributed by atoms with Gasteiger partial charge in [-0.1, -0.05) is 69.2 Å². The maximum Gasteiger partial charge on any atom is 0.408 e. The first-order chi connectivity index (χ1) is 19.3. The fourth-order valence-electron chi connectivity index (χ4n) is 4.68. The number of amides is 4. The lowest BCUT2D eigenvalue weighted by atomic mass is 10.0. The van der Waals surface area contributed by atoms with Gasteiger partial charge in [0.2, 0.25) is 0 Å². The molecule has 216 valence electrons. The molecule has 2 N–H and O–H groups in total. The molecule has 0 bridgehead atoms. The molecule has 2 aromatic carbocycles. The Kier molecular flexibility index (Phi) is 11.5. The monoisotopic (exact) mass is 552 g/mol. The average molecular weight is 553 g/mol. The van der Waals surface area contributed by atoms with Gasteiger partial charge in [0.15, 0.2) is 12.5 Å². The Bertz CT molecular complexity index is 1090. The zero-order chi connectivity index (χ0) is 29.1. The fourth-order valence-corrected chi connectivity index (χ4v) is 4.68. The minimum atomic E-state index is -0.888. The summed E-state index contributed by atoms with van der Waals surface area (Å²) in [6.45, 7) is 8.26. The van der Waals surface area contributed by atoms with Gasteiger partial charge in [0.05, 0.1) is 17.2 Å². The highest BCUT2D eigenvalue weighted by molar-refractivity contribution is 6.21. The summed E-state index contributed by atoms with van der Waals surface area (Å²) in [6.07, 6.45) is 0.429. The van der Waals surface area contributed by atoms with Crippen molar-refractivity contribution < 1.29 is 28.7 Å². The summed E-state index contributed by atoms with van der Waals surface area (Å²) in [5.41, 5.74) is 1.43. The van der Waals surface area contributed by atoms with Crippen LogP contribution in [-0.2, 0) is 9.47 Å². The standard InChI is InChI=1S/C30H40N4O6/c1-5-7-18-31-29(37)39-21(3)34(22(4)40-30(38)32-19-8-6-2)26(23-14-10-9-11-15-23)20-33-27(35)24-16-12-13-17-25(24)28(33)36/h9-17,21-22,26H,5-8,18-20H2,1-4H3,(H,31,37)(H,32,38). The van der Waals surface area contributed by atoms with Crippen LogP contribution in [0.15, 0.2) is 54.6 Å². The van der Waals surface area contributed by atoms with Crippen molar-refractivity contribution in [3.63, 3.8) is 0 Å². The van der Waals surface area contributed by atoms with Crippen molar-refractivity contribution in [1.82, 2.24) is 20.4 Å². The van der Waals surface area contributed by atoms with Gasteiger partial charge in [-0.2, -0.15) is 0 Å². The first-order valence-electron chi connectivity index (χ1n) is 13.9. The molecule has 1 aliphatic rings. The quantitative estimate of drug-likeness (QED) is 0.191. The maximum absolute atomic E-state index is 13.3. The molecule has 3 unspecified atom stereocenters. The molecule has 3 rings (SSSR count). The Balaban J connectivity index is 1.93. The third-order valence-electron chi connectivity index (χ3n) is 6.77. The summed E-state index contributed by atoms with van der Waals surface area (Å²) in [4.78, 5) is 54.7. The predicted octanol–water partition coefficient (Wildman–Crippen LogP) is 5.07. The Hall–Kier alpha value is -3.92. The van der Waals surface area contributed by atoms with Gasteiger partial charge in [-0.25, -0.2) is 14.5 Å². The lowest BCUT2D eigenvalue weighted by molar-refractivity contribution is -0.118. The zero-order valence-corrected chi connectivity index (χ0v) is 23.7. The minimum absolute atomic E-state index is 0.0489. The van der Waals surface area contributed by atoms with E-state index in [0.717, 1.165) is 31.2 Å². The van der Waals surface area contributed by atoms with Crippen LogP contribution in [0.5, 0.6) is 0 Å². The second kappa shape index (κ2) is 15.0. The SMILES string of the molecule is CCCCNC(=O)OC(C)N(C(C)OC(=O)NCCCC)C(CN1C(=O)c2ccccc2C1=O)c1ccccc1. The maximum atomic E-state index is 13.3. The van der Waals surface area contributed by atoms with Crippen LogP contribution < -0.4 is 10.6 Å². The van der Waals surface area contributed by atoms with E-state index >= 15 is 0 Å². The average Bonchev–Trinajstić information content (AvgIpc) is 3.18. The van der Waals surface area contributed by atoms with Gasteiger partial charge in [0.1, 0.15) is 0 Å². The van der Waals surface area contributed by atoms with Crippen LogP contribution in [0.25, 0.3) is 0 Å². The van der Waals surface area contributed by atoms with Crippen LogP contribution in [-0.4, -0.2) is 65.9 Å². The van der Waals surface area contributed by atoms with E-state index in [1.807, 2.05) is 44.2 Å². The number of nitrogens with zero attached hydrogens (tertiary/aromatic N) is 2. The zero-order valence-electron chi connectivity index (χ0n) is 23.7. The van der Waals surface area contributed by atoms with Gasteiger partial charge in [-0.15, -0.1) is 0 Å². The number of hydrogen-bond donors (Lipinski definition) is 2. The summed E-state index contributed by atoms with van der Waals surface area (Å²) >= 11 is 0. The molecule has 0 aliphatic carbocycles. The van der Waals surface area contributed by atoms with Gasteiger partial charge >= 0.3 is 12.2 Å². The van der Waals surface area contributed by atoms with Crippen molar-refractivity contribution >= 4 is 24.0 Å². The molecule has 0 aromatic heterocycles. The van der Waals surface area contributed by atoms with Crippen LogP contribution in [0.3, 0.4) is 0 Å². The fraction of sp³-hybridized carbons (Fsp3) is 0.467. The van der Waals surface area contributed by atoms with Crippen molar-refractivity contribution in [1.29, 1.82) is 0 Å². The number of benzene rings is 2. The molecule has 1 aliphatic heterocycles. The van der Waals surface area contributed by atoms with Crippen LogP contribution in [0.1, 0.15) is 85.7 Å². The van der Waals surface area contributed by atoms with Crippen molar-refractivity contribution in [2.45, 2.75) is 71.9 Å². The van der Waals surface area contributed by atoms with E-state index in [2.05, 4.69) is 10.6 Å². The Labute approximate surface area is 236 Å². The minimum Gasteiger partial charge on any atom is -0.430 e. The lowest BCUT2D eigenvalue weighted by Gasteiger charge is -2.40. The Morgan fingerprint density at radius 3 is 1.68 bits per heavy atom. The molecular weight excluding hydrogens is 512 g/mol. The molecule has 0 saturated heterocycles. The molecule has 4 amide bonds. The topological polar surface area (TPSA) is 117 Å². The number of carbonyl (C=O) groups is 4. The van der Waals surface area contributed by atoms with Crippen molar-refractivity contribution in [2.75, 3.05) is 19.6 Å². The highest BCUT2D eigenvalue weighted by atomic mass is 16.6. The number of carbonyl (C=O) groups excluding carboxylic acids is 4. The van der Waals surface area contributed by atoms with Gasteiger partial charge in [0.25, 0.3) is 11.8 Å². The van der Waals surface area contributed by atoms with Crippen LogP contribution >= 0.6 is 0 Å². The third kappa shape index (κ3) is 7.81. The molecule has 0 radical (unpaired) electrons. The lowest BCUT2D eigenvalue weighted by Crippen LogP contribution is -2.52. The smallest absolute Gasteiger partial charge is 0.408 e. The van der Waals surface area contributed by atoms with E-state index in [-0.39, 0.29) is 6.54 Å². The molecule has 3 atom stereocenters. The number of nitrogens with one attached hydrogen (secondary N) is 2. The summed E-state index contributed by atoms with van der Waals surface area (Å²) in [5, 5.41) is 5.47. The van der Waals surface area contributed by atoms with Crippen molar-refractivity contribution in [3.8, 4) is 0 Å². The molecule has 0 fully saturated rings. The molecule has 1 heterocycles. The second-order valence-electron chi connectivity index (χ2n) is 9.71. The molecule has 2 aromatic rings. The first-order valence-corrected chi connectivity index (χ1v) is 13.9.